The van der Waals surface area contributed by atoms with E-state index < -0.39 is 11.7 Å². The highest BCUT2D eigenvalue weighted by Gasteiger charge is 2.15. The Morgan fingerprint density at radius 3 is 2.95 bits per heavy atom. The molecule has 0 aliphatic carbocycles. The molecule has 4 N–H and O–H groups in total. The molecule has 7 heteroatoms. The summed E-state index contributed by atoms with van der Waals surface area (Å²) in [6.45, 7) is -0.253. The average Bonchev–Trinajstić information content (AvgIpc) is 2.87. The molecule has 1 amide bonds. The Morgan fingerprint density at radius 2 is 2.20 bits per heavy atom. The van der Waals surface area contributed by atoms with Gasteiger partial charge in [0.1, 0.15) is 6.61 Å². The molecule has 0 spiro atoms. The quantitative estimate of drug-likeness (QED) is 0.491. The molecule has 0 atom stereocenters. The summed E-state index contributed by atoms with van der Waals surface area (Å²) in [6, 6.07) is 4.10. The molecule has 0 radical (unpaired) electrons. The maximum atomic E-state index is 11.9. The molecule has 0 saturated heterocycles. The number of phenolic OH excluding ortho intramolecular Hbond substituents is 2. The molecule has 20 heavy (non-hydrogen) atoms. The van der Waals surface area contributed by atoms with E-state index in [9.17, 15) is 15.0 Å². The summed E-state index contributed by atoms with van der Waals surface area (Å²) >= 11 is 1.13. The third-order valence-electron chi connectivity index (χ3n) is 2.28. The number of anilines is 1. The van der Waals surface area contributed by atoms with Crippen molar-refractivity contribution in [2.75, 3.05) is 11.9 Å². The van der Waals surface area contributed by atoms with Gasteiger partial charge in [-0.1, -0.05) is 29.2 Å². The monoisotopic (exact) mass is 290 g/mol. The predicted octanol–water partition coefficient (Wildman–Crippen LogP) is 1.15. The summed E-state index contributed by atoms with van der Waals surface area (Å²) in [5.74, 6) is 3.69. The Bertz CT molecular complexity index is 700. The molecule has 0 bridgehead atoms. The van der Waals surface area contributed by atoms with Gasteiger partial charge in [-0.2, -0.15) is 0 Å². The lowest BCUT2D eigenvalue weighted by atomic mass is 10.2. The number of amides is 1. The van der Waals surface area contributed by atoms with Crippen LogP contribution in [0.2, 0.25) is 0 Å². The van der Waals surface area contributed by atoms with Crippen LogP contribution in [-0.2, 0) is 0 Å². The molecule has 0 unspecified atom stereocenters. The number of para-hydroxylation sites is 1. The first kappa shape index (κ1) is 13.9. The third kappa shape index (κ3) is 3.06. The van der Waals surface area contributed by atoms with Crippen molar-refractivity contribution >= 4 is 22.4 Å². The van der Waals surface area contributed by atoms with Gasteiger partial charge in [-0.25, -0.2) is 4.98 Å². The highest BCUT2D eigenvalue weighted by atomic mass is 32.1. The zero-order chi connectivity index (χ0) is 14.5. The van der Waals surface area contributed by atoms with Gasteiger partial charge in [-0.15, -0.1) is 0 Å². The van der Waals surface area contributed by atoms with E-state index in [1.165, 1.54) is 24.4 Å². The lowest BCUT2D eigenvalue weighted by Gasteiger charge is -2.05. The Balaban J connectivity index is 2.15. The second-order valence-corrected chi connectivity index (χ2v) is 4.65. The highest BCUT2D eigenvalue weighted by Crippen LogP contribution is 2.29. The van der Waals surface area contributed by atoms with Crippen LogP contribution < -0.4 is 5.32 Å². The molecule has 2 aromatic rings. The van der Waals surface area contributed by atoms with Crippen LogP contribution in [0.4, 0.5) is 5.13 Å². The summed E-state index contributed by atoms with van der Waals surface area (Å²) in [5, 5.41) is 30.3. The third-order valence-corrected chi connectivity index (χ3v) is 3.10. The van der Waals surface area contributed by atoms with E-state index in [1.807, 2.05) is 0 Å². The number of aromatic nitrogens is 1. The summed E-state index contributed by atoms with van der Waals surface area (Å²) in [6.07, 6.45) is 1.46. The van der Waals surface area contributed by atoms with Crippen molar-refractivity contribution in [3.05, 3.63) is 34.8 Å². The number of aliphatic hydroxyl groups excluding tert-OH is 1. The van der Waals surface area contributed by atoms with Crippen LogP contribution in [0.3, 0.4) is 0 Å². The molecule has 0 saturated carbocycles. The SMILES string of the molecule is O=C(Nc1ncc(C#CCO)s1)c1cccc(O)c1O. The Labute approximate surface area is 118 Å². The minimum atomic E-state index is -0.589. The van der Waals surface area contributed by atoms with Gasteiger partial charge >= 0.3 is 0 Å². The van der Waals surface area contributed by atoms with Gasteiger partial charge in [0.15, 0.2) is 16.6 Å². The normalized spacial score (nSPS) is 9.65. The fourth-order valence-corrected chi connectivity index (χ4v) is 2.08. The van der Waals surface area contributed by atoms with Crippen molar-refractivity contribution < 1.29 is 20.1 Å². The summed E-state index contributed by atoms with van der Waals surface area (Å²) in [7, 11) is 0. The van der Waals surface area contributed by atoms with E-state index in [4.69, 9.17) is 5.11 Å². The number of thiazole rings is 1. The van der Waals surface area contributed by atoms with Crippen molar-refractivity contribution in [1.29, 1.82) is 0 Å². The Kier molecular flexibility index (Phi) is 4.20. The predicted molar refractivity (Wildman–Crippen MR) is 73.8 cm³/mol. The van der Waals surface area contributed by atoms with Crippen LogP contribution in [0.15, 0.2) is 24.4 Å². The Hall–Kier alpha value is -2.56. The second kappa shape index (κ2) is 6.06. The van der Waals surface area contributed by atoms with Crippen LogP contribution in [0.25, 0.3) is 0 Å². The molecular weight excluding hydrogens is 280 g/mol. The molecule has 6 nitrogen and oxygen atoms in total. The first-order valence-electron chi connectivity index (χ1n) is 5.49. The number of nitrogens with zero attached hydrogens (tertiary/aromatic N) is 1. The van der Waals surface area contributed by atoms with Crippen LogP contribution >= 0.6 is 11.3 Å². The minimum Gasteiger partial charge on any atom is -0.504 e. The van der Waals surface area contributed by atoms with Crippen LogP contribution in [0.1, 0.15) is 15.2 Å². The van der Waals surface area contributed by atoms with E-state index in [-0.39, 0.29) is 17.9 Å². The van der Waals surface area contributed by atoms with Crippen molar-refractivity contribution in [1.82, 2.24) is 4.98 Å². The maximum Gasteiger partial charge on any atom is 0.261 e. The maximum absolute atomic E-state index is 11.9. The number of phenols is 2. The number of nitrogens with one attached hydrogen (secondary N) is 1. The molecule has 1 aromatic heterocycles. The van der Waals surface area contributed by atoms with Crippen LogP contribution in [0.5, 0.6) is 11.5 Å². The van der Waals surface area contributed by atoms with Gasteiger partial charge in [-0.05, 0) is 12.1 Å². The Morgan fingerprint density at radius 1 is 1.40 bits per heavy atom. The average molecular weight is 290 g/mol. The van der Waals surface area contributed by atoms with Crippen LogP contribution in [0, 0.1) is 11.8 Å². The van der Waals surface area contributed by atoms with Gasteiger partial charge in [-0.3, -0.25) is 10.1 Å². The molecule has 0 aliphatic rings. The van der Waals surface area contributed by atoms with E-state index in [2.05, 4.69) is 22.1 Å². The molecule has 2 rings (SSSR count). The molecule has 0 fully saturated rings. The zero-order valence-corrected chi connectivity index (χ0v) is 10.9. The lowest BCUT2D eigenvalue weighted by Crippen LogP contribution is -2.11. The number of aromatic hydroxyl groups is 2. The number of carbonyl (C=O) groups is 1. The number of carbonyl (C=O) groups excluding carboxylic acids is 1. The summed E-state index contributed by atoms with van der Waals surface area (Å²) in [4.78, 5) is 16.5. The van der Waals surface area contributed by atoms with Gasteiger partial charge in [0.05, 0.1) is 16.6 Å². The van der Waals surface area contributed by atoms with Crippen molar-refractivity contribution in [3.63, 3.8) is 0 Å². The van der Waals surface area contributed by atoms with Gasteiger partial charge < -0.3 is 15.3 Å². The topological polar surface area (TPSA) is 103 Å². The number of hydrogen-bond donors (Lipinski definition) is 4. The van der Waals surface area contributed by atoms with Crippen molar-refractivity contribution in [2.24, 2.45) is 0 Å². The van der Waals surface area contributed by atoms with Crippen LogP contribution in [-0.4, -0.2) is 32.8 Å². The zero-order valence-electron chi connectivity index (χ0n) is 10.1. The molecular formula is C13H10N2O4S. The van der Waals surface area contributed by atoms with Gasteiger partial charge in [0.2, 0.25) is 0 Å². The smallest absolute Gasteiger partial charge is 0.261 e. The molecule has 1 heterocycles. The molecule has 0 aliphatic heterocycles. The standard InChI is InChI=1S/C13H10N2O4S/c16-6-2-3-8-7-14-13(20-8)15-12(19)9-4-1-5-10(17)11(9)18/h1,4-5,7,16-18H,6H2,(H,14,15,19). The van der Waals surface area contributed by atoms with Gasteiger partial charge in [0.25, 0.3) is 5.91 Å². The molecule has 1 aromatic carbocycles. The number of rotatable bonds is 2. The minimum absolute atomic E-state index is 0.0526. The van der Waals surface area contributed by atoms with Gasteiger partial charge in [0, 0.05) is 0 Å². The largest absolute Gasteiger partial charge is 0.504 e. The lowest BCUT2D eigenvalue weighted by molar-refractivity contribution is 0.102. The fraction of sp³-hybridized carbons (Fsp3) is 0.0769. The van der Waals surface area contributed by atoms with E-state index in [0.29, 0.717) is 10.0 Å². The number of benzene rings is 1. The fourth-order valence-electron chi connectivity index (χ4n) is 1.40. The first-order valence-corrected chi connectivity index (χ1v) is 6.31. The molecule has 102 valence electrons. The van der Waals surface area contributed by atoms with E-state index in [1.54, 1.807) is 0 Å². The first-order chi connectivity index (χ1) is 9.61. The summed E-state index contributed by atoms with van der Waals surface area (Å²) in [5.41, 5.74) is -0.0526. The number of hydrogen-bond acceptors (Lipinski definition) is 6. The van der Waals surface area contributed by atoms with Crippen molar-refractivity contribution in [3.8, 4) is 23.3 Å². The highest BCUT2D eigenvalue weighted by molar-refractivity contribution is 7.16. The van der Waals surface area contributed by atoms with E-state index >= 15 is 0 Å². The van der Waals surface area contributed by atoms with Crippen molar-refractivity contribution in [2.45, 2.75) is 0 Å². The number of aliphatic hydroxyl groups is 1. The second-order valence-electron chi connectivity index (χ2n) is 3.62. The summed E-state index contributed by atoms with van der Waals surface area (Å²) < 4.78 is 0. The van der Waals surface area contributed by atoms with E-state index in [0.717, 1.165) is 11.3 Å².